The number of anilines is 1. The smallest absolute Gasteiger partial charge is 0.146 e. The molecule has 0 atom stereocenters. The van der Waals surface area contributed by atoms with Gasteiger partial charge in [-0.2, -0.15) is 0 Å². The van der Waals surface area contributed by atoms with Crippen LogP contribution >= 0.6 is 0 Å². The van der Waals surface area contributed by atoms with Crippen LogP contribution in [0.4, 0.5) is 11.4 Å². The SMILES string of the molecule is CCCOC1=C/C(=N\c2ccc(N)cc2)C(N)=CC1=N. The Balaban J connectivity index is 2.28. The Kier molecular flexibility index (Phi) is 4.20. The van der Waals surface area contributed by atoms with Crippen LogP contribution in [0.25, 0.3) is 0 Å². The molecule has 0 bridgehead atoms. The Labute approximate surface area is 118 Å². The molecule has 1 aliphatic rings. The molecule has 0 spiro atoms. The standard InChI is InChI=1S/C15H18N4O/c1-2-7-20-15-9-14(12(17)8-13(15)18)19-11-5-3-10(16)4-6-11/h3-6,8-9,18H,2,7,16-17H2,1H3/b18-13?,19-14+. The van der Waals surface area contributed by atoms with Crippen molar-refractivity contribution in [2.24, 2.45) is 10.7 Å². The summed E-state index contributed by atoms with van der Waals surface area (Å²) < 4.78 is 5.52. The molecule has 1 aliphatic carbocycles. The number of nitrogen functional groups attached to an aromatic ring is 1. The van der Waals surface area contributed by atoms with Crippen molar-refractivity contribution in [3.8, 4) is 0 Å². The molecule has 0 heterocycles. The fraction of sp³-hybridized carbons (Fsp3) is 0.200. The summed E-state index contributed by atoms with van der Waals surface area (Å²) in [6.07, 6.45) is 4.14. The van der Waals surface area contributed by atoms with E-state index >= 15 is 0 Å². The molecule has 5 heteroatoms. The number of aliphatic imine (C=N–C) groups is 1. The lowest BCUT2D eigenvalue weighted by Crippen LogP contribution is -2.19. The number of hydrogen-bond donors (Lipinski definition) is 3. The third kappa shape index (κ3) is 3.26. The van der Waals surface area contributed by atoms with Gasteiger partial charge in [0.05, 0.1) is 29.4 Å². The summed E-state index contributed by atoms with van der Waals surface area (Å²) in [6, 6.07) is 7.19. The first-order valence-corrected chi connectivity index (χ1v) is 6.45. The predicted octanol–water partition coefficient (Wildman–Crippen LogP) is 2.53. The van der Waals surface area contributed by atoms with Gasteiger partial charge in [-0.3, -0.25) is 5.41 Å². The topological polar surface area (TPSA) is 97.5 Å². The molecule has 0 unspecified atom stereocenters. The zero-order chi connectivity index (χ0) is 14.5. The molecule has 0 aliphatic heterocycles. The molecular formula is C15H18N4O. The maximum atomic E-state index is 7.83. The molecule has 0 radical (unpaired) electrons. The summed E-state index contributed by atoms with van der Waals surface area (Å²) in [5, 5.41) is 7.83. The van der Waals surface area contributed by atoms with Crippen molar-refractivity contribution >= 4 is 22.8 Å². The molecule has 2 rings (SSSR count). The van der Waals surface area contributed by atoms with Crippen LogP contribution in [0.5, 0.6) is 0 Å². The van der Waals surface area contributed by atoms with E-state index in [4.69, 9.17) is 21.6 Å². The summed E-state index contributed by atoms with van der Waals surface area (Å²) >= 11 is 0. The number of rotatable bonds is 4. The number of hydrogen-bond acceptors (Lipinski definition) is 5. The van der Waals surface area contributed by atoms with E-state index in [1.807, 2.05) is 19.1 Å². The zero-order valence-corrected chi connectivity index (χ0v) is 11.4. The van der Waals surface area contributed by atoms with Crippen molar-refractivity contribution in [3.63, 3.8) is 0 Å². The van der Waals surface area contributed by atoms with Gasteiger partial charge in [-0.25, -0.2) is 4.99 Å². The van der Waals surface area contributed by atoms with Crippen LogP contribution in [0.15, 0.2) is 52.9 Å². The van der Waals surface area contributed by atoms with Crippen LogP contribution in [-0.2, 0) is 4.74 Å². The maximum absolute atomic E-state index is 7.83. The number of allylic oxidation sites excluding steroid dienone is 2. The van der Waals surface area contributed by atoms with E-state index in [0.29, 0.717) is 29.5 Å². The zero-order valence-electron chi connectivity index (χ0n) is 11.4. The Hall–Kier alpha value is -2.56. The first kappa shape index (κ1) is 13.9. The van der Waals surface area contributed by atoms with Crippen molar-refractivity contribution < 1.29 is 4.74 Å². The molecule has 1 aromatic rings. The Morgan fingerprint density at radius 2 is 1.85 bits per heavy atom. The molecule has 0 fully saturated rings. The molecular weight excluding hydrogens is 252 g/mol. The Morgan fingerprint density at radius 3 is 2.50 bits per heavy atom. The van der Waals surface area contributed by atoms with E-state index in [2.05, 4.69) is 4.99 Å². The van der Waals surface area contributed by atoms with Gasteiger partial charge in [0.1, 0.15) is 5.76 Å². The number of ether oxygens (including phenoxy) is 1. The summed E-state index contributed by atoms with van der Waals surface area (Å²) in [6.45, 7) is 2.58. The quantitative estimate of drug-likeness (QED) is 0.579. The summed E-state index contributed by atoms with van der Waals surface area (Å²) in [4.78, 5) is 4.45. The third-order valence-corrected chi connectivity index (χ3v) is 2.73. The summed E-state index contributed by atoms with van der Waals surface area (Å²) in [5.74, 6) is 0.496. The second-order valence-electron chi connectivity index (χ2n) is 4.46. The van der Waals surface area contributed by atoms with E-state index < -0.39 is 0 Å². The van der Waals surface area contributed by atoms with Gasteiger partial charge in [0.25, 0.3) is 0 Å². The molecule has 5 nitrogen and oxygen atoms in total. The summed E-state index contributed by atoms with van der Waals surface area (Å²) in [7, 11) is 0. The van der Waals surface area contributed by atoms with Crippen LogP contribution in [0.2, 0.25) is 0 Å². The normalized spacial score (nSPS) is 16.9. The van der Waals surface area contributed by atoms with Crippen molar-refractivity contribution in [2.45, 2.75) is 13.3 Å². The average molecular weight is 270 g/mol. The lowest BCUT2D eigenvalue weighted by atomic mass is 10.1. The highest BCUT2D eigenvalue weighted by Crippen LogP contribution is 2.18. The monoisotopic (exact) mass is 270 g/mol. The molecule has 1 aromatic carbocycles. The van der Waals surface area contributed by atoms with E-state index in [-0.39, 0.29) is 5.71 Å². The van der Waals surface area contributed by atoms with E-state index in [1.165, 1.54) is 0 Å². The predicted molar refractivity (Wildman–Crippen MR) is 82.3 cm³/mol. The lowest BCUT2D eigenvalue weighted by Gasteiger charge is -2.15. The van der Waals surface area contributed by atoms with Crippen LogP contribution in [0, 0.1) is 5.41 Å². The number of nitrogens with zero attached hydrogens (tertiary/aromatic N) is 1. The van der Waals surface area contributed by atoms with E-state index in [9.17, 15) is 0 Å². The van der Waals surface area contributed by atoms with E-state index in [1.54, 1.807) is 24.3 Å². The van der Waals surface area contributed by atoms with Crippen molar-refractivity contribution in [2.75, 3.05) is 12.3 Å². The van der Waals surface area contributed by atoms with E-state index in [0.717, 1.165) is 12.1 Å². The van der Waals surface area contributed by atoms with Crippen molar-refractivity contribution in [3.05, 3.63) is 47.9 Å². The molecule has 0 aromatic heterocycles. The second-order valence-corrected chi connectivity index (χ2v) is 4.46. The number of nitrogens with two attached hydrogens (primary N) is 2. The van der Waals surface area contributed by atoms with Gasteiger partial charge < -0.3 is 16.2 Å². The maximum Gasteiger partial charge on any atom is 0.146 e. The first-order valence-electron chi connectivity index (χ1n) is 6.45. The average Bonchev–Trinajstić information content (AvgIpc) is 2.43. The van der Waals surface area contributed by atoms with Gasteiger partial charge in [-0.15, -0.1) is 0 Å². The van der Waals surface area contributed by atoms with Gasteiger partial charge >= 0.3 is 0 Å². The van der Waals surface area contributed by atoms with Crippen LogP contribution in [-0.4, -0.2) is 18.0 Å². The minimum absolute atomic E-state index is 0.271. The Bertz CT molecular complexity index is 597. The second kappa shape index (κ2) is 6.06. The molecule has 104 valence electrons. The highest BCUT2D eigenvalue weighted by molar-refractivity contribution is 6.22. The van der Waals surface area contributed by atoms with Gasteiger partial charge in [0.15, 0.2) is 0 Å². The minimum Gasteiger partial charge on any atom is -0.491 e. The fourth-order valence-electron chi connectivity index (χ4n) is 1.70. The highest BCUT2D eigenvalue weighted by atomic mass is 16.5. The van der Waals surface area contributed by atoms with Gasteiger partial charge in [0, 0.05) is 11.8 Å². The van der Waals surface area contributed by atoms with Crippen molar-refractivity contribution in [1.29, 1.82) is 5.41 Å². The molecule has 0 saturated heterocycles. The lowest BCUT2D eigenvalue weighted by molar-refractivity contribution is 0.231. The first-order chi connectivity index (χ1) is 9.60. The minimum atomic E-state index is 0.271. The molecule has 5 N–H and O–H groups in total. The highest BCUT2D eigenvalue weighted by Gasteiger charge is 2.15. The van der Waals surface area contributed by atoms with Crippen LogP contribution < -0.4 is 11.5 Å². The van der Waals surface area contributed by atoms with Gasteiger partial charge in [-0.05, 0) is 36.8 Å². The number of benzene rings is 1. The molecule has 20 heavy (non-hydrogen) atoms. The number of nitrogens with one attached hydrogen (secondary N) is 1. The van der Waals surface area contributed by atoms with Crippen LogP contribution in [0.3, 0.4) is 0 Å². The fourth-order valence-corrected chi connectivity index (χ4v) is 1.70. The molecule has 0 amide bonds. The largest absolute Gasteiger partial charge is 0.491 e. The summed E-state index contributed by atoms with van der Waals surface area (Å²) in [5.41, 5.74) is 14.3. The molecule has 0 saturated carbocycles. The van der Waals surface area contributed by atoms with Crippen molar-refractivity contribution in [1.82, 2.24) is 0 Å². The van der Waals surface area contributed by atoms with Gasteiger partial charge in [0.2, 0.25) is 0 Å². The Morgan fingerprint density at radius 1 is 1.15 bits per heavy atom. The van der Waals surface area contributed by atoms with Crippen LogP contribution in [0.1, 0.15) is 13.3 Å². The van der Waals surface area contributed by atoms with Gasteiger partial charge in [-0.1, -0.05) is 6.92 Å². The third-order valence-electron chi connectivity index (χ3n) is 2.73.